The van der Waals surface area contributed by atoms with Crippen molar-refractivity contribution in [1.82, 2.24) is 30.8 Å². The zero-order valence-corrected chi connectivity index (χ0v) is 32.0. The molecule has 0 bridgehead atoms. The van der Waals surface area contributed by atoms with Gasteiger partial charge in [0.25, 0.3) is 11.8 Å². The predicted octanol–water partition coefficient (Wildman–Crippen LogP) is 7.08. The summed E-state index contributed by atoms with van der Waals surface area (Å²) in [6, 6.07) is 17.1. The van der Waals surface area contributed by atoms with E-state index in [0.29, 0.717) is 43.9 Å². The van der Waals surface area contributed by atoms with Crippen LogP contribution in [-0.4, -0.2) is 83.4 Å². The van der Waals surface area contributed by atoms with Gasteiger partial charge in [-0.1, -0.05) is 19.1 Å². The first kappa shape index (κ1) is 40.5. The molecule has 0 spiro atoms. The highest BCUT2D eigenvalue weighted by molar-refractivity contribution is 7.98. The molecular weight excluding hydrogens is 735 g/mol. The third-order valence-electron chi connectivity index (χ3n) is 8.80. The van der Waals surface area contributed by atoms with Crippen LogP contribution in [0.15, 0.2) is 82.8 Å². The molecule has 11 nitrogen and oxygen atoms in total. The Labute approximate surface area is 322 Å². The molecule has 0 atom stereocenters. The Bertz CT molecular complexity index is 1910. The second-order valence-electron chi connectivity index (χ2n) is 12.6. The average molecular weight is 779 g/mol. The number of halogens is 2. The van der Waals surface area contributed by atoms with Gasteiger partial charge in [0.15, 0.2) is 0 Å². The standard InChI is InChI=1S/C21H24FN3O3S.C18H20FN3O2S/c1-3-19(26)25-9-7-15(8-10-25)24-20(27)18-11-14(22)13-23-21(18)28-16-5-4-6-17(12-16)29-2;1-25-15-4-2-3-14(10-15)24-18-16(9-12(19)11-21-18)17(23)22-13-5-7-20-8-6-13/h4-6,11-13,15H,3,7-10H2,1-2H3,(H,24,27);2-4,9-11,13,20H,5-8H2,1H3,(H,22,23). The van der Waals surface area contributed by atoms with E-state index in [1.807, 2.05) is 55.8 Å². The SMILES string of the molecule is CCC(=O)N1CCC(NC(=O)c2cc(F)cnc2Oc2cccc(SC)c2)CC1.CSc1cccc(Oc2ncc(F)cc2C(=O)NC2CCNCC2)c1. The maximum absolute atomic E-state index is 13.8. The first-order valence-electron chi connectivity index (χ1n) is 17.7. The van der Waals surface area contributed by atoms with Crippen LogP contribution in [0.5, 0.6) is 23.3 Å². The van der Waals surface area contributed by atoms with Crippen LogP contribution in [0.3, 0.4) is 0 Å². The molecule has 2 aromatic heterocycles. The number of thioether (sulfide) groups is 2. The molecule has 3 amide bonds. The summed E-state index contributed by atoms with van der Waals surface area (Å²) >= 11 is 3.15. The molecule has 2 saturated heterocycles. The quantitative estimate of drug-likeness (QED) is 0.136. The number of hydrogen-bond donors (Lipinski definition) is 3. The van der Waals surface area contributed by atoms with Crippen molar-refractivity contribution in [2.24, 2.45) is 0 Å². The van der Waals surface area contributed by atoms with E-state index >= 15 is 0 Å². The van der Waals surface area contributed by atoms with Crippen LogP contribution in [0.25, 0.3) is 0 Å². The van der Waals surface area contributed by atoms with Crippen LogP contribution in [0.2, 0.25) is 0 Å². The van der Waals surface area contributed by atoms with Crippen LogP contribution >= 0.6 is 23.5 Å². The van der Waals surface area contributed by atoms with Gasteiger partial charge in [-0.25, -0.2) is 18.7 Å². The number of nitrogens with zero attached hydrogens (tertiary/aromatic N) is 3. The largest absolute Gasteiger partial charge is 0.438 e. The van der Waals surface area contributed by atoms with Crippen molar-refractivity contribution in [3.63, 3.8) is 0 Å². The van der Waals surface area contributed by atoms with Crippen molar-refractivity contribution in [3.05, 3.63) is 95.8 Å². The number of likely N-dealkylation sites (tertiary alicyclic amines) is 1. The minimum Gasteiger partial charge on any atom is -0.438 e. The summed E-state index contributed by atoms with van der Waals surface area (Å²) in [5.41, 5.74) is 0.153. The summed E-state index contributed by atoms with van der Waals surface area (Å²) < 4.78 is 38.9. The highest BCUT2D eigenvalue weighted by atomic mass is 32.2. The molecule has 0 radical (unpaired) electrons. The molecule has 6 rings (SSSR count). The minimum absolute atomic E-state index is 0.0478. The molecule has 4 heterocycles. The van der Waals surface area contributed by atoms with Gasteiger partial charge in [-0.2, -0.15) is 0 Å². The van der Waals surface area contributed by atoms with Gasteiger partial charge < -0.3 is 30.3 Å². The molecule has 15 heteroatoms. The second kappa shape index (κ2) is 20.1. The number of carbonyl (C=O) groups is 3. The Kier molecular flexibility index (Phi) is 15.1. The van der Waals surface area contributed by atoms with E-state index in [4.69, 9.17) is 9.47 Å². The smallest absolute Gasteiger partial charge is 0.257 e. The first-order chi connectivity index (χ1) is 26.1. The second-order valence-corrected chi connectivity index (χ2v) is 14.3. The summed E-state index contributed by atoms with van der Waals surface area (Å²) in [5.74, 6) is -0.620. The van der Waals surface area contributed by atoms with Crippen molar-refractivity contribution in [2.75, 3.05) is 38.7 Å². The lowest BCUT2D eigenvalue weighted by Gasteiger charge is -2.32. The van der Waals surface area contributed by atoms with Crippen molar-refractivity contribution in [1.29, 1.82) is 0 Å². The maximum Gasteiger partial charge on any atom is 0.257 e. The highest BCUT2D eigenvalue weighted by Gasteiger charge is 2.26. The Hall–Kier alpha value is -4.73. The van der Waals surface area contributed by atoms with Gasteiger partial charge in [-0.05, 0) is 99.8 Å². The lowest BCUT2D eigenvalue weighted by atomic mass is 10.0. The average Bonchev–Trinajstić information content (AvgIpc) is 3.20. The van der Waals surface area contributed by atoms with E-state index in [0.717, 1.165) is 60.2 Å². The fourth-order valence-corrected chi connectivity index (χ4v) is 6.78. The van der Waals surface area contributed by atoms with Crippen LogP contribution < -0.4 is 25.4 Å². The van der Waals surface area contributed by atoms with Crippen LogP contribution in [0.4, 0.5) is 8.78 Å². The lowest BCUT2D eigenvalue weighted by molar-refractivity contribution is -0.131. The number of nitrogens with one attached hydrogen (secondary N) is 3. The van der Waals surface area contributed by atoms with Crippen LogP contribution in [-0.2, 0) is 4.79 Å². The maximum atomic E-state index is 13.8. The van der Waals surface area contributed by atoms with Crippen LogP contribution in [0, 0.1) is 11.6 Å². The van der Waals surface area contributed by atoms with Crippen molar-refractivity contribution in [3.8, 4) is 23.3 Å². The number of pyridine rings is 2. The van der Waals surface area contributed by atoms with Crippen LogP contribution in [0.1, 0.15) is 59.7 Å². The van der Waals surface area contributed by atoms with E-state index in [1.165, 1.54) is 0 Å². The van der Waals surface area contributed by atoms with Gasteiger partial charge in [0, 0.05) is 41.4 Å². The molecule has 2 aliphatic heterocycles. The summed E-state index contributed by atoms with van der Waals surface area (Å²) in [5, 5.41) is 9.10. The molecular formula is C39H44F2N6O5S2. The molecule has 0 aliphatic carbocycles. The number of benzene rings is 2. The van der Waals surface area contributed by atoms with E-state index in [2.05, 4.69) is 25.9 Å². The fourth-order valence-electron chi connectivity index (χ4n) is 5.88. The summed E-state index contributed by atoms with van der Waals surface area (Å²) in [6.45, 7) is 4.76. The molecule has 3 N–H and O–H groups in total. The Balaban J connectivity index is 0.000000210. The van der Waals surface area contributed by atoms with E-state index in [9.17, 15) is 23.2 Å². The first-order valence-corrected chi connectivity index (χ1v) is 20.2. The number of hydrogen-bond acceptors (Lipinski definition) is 10. The number of ether oxygens (including phenoxy) is 2. The highest BCUT2D eigenvalue weighted by Crippen LogP contribution is 2.29. The van der Waals surface area contributed by atoms with Crippen molar-refractivity contribution in [2.45, 2.75) is 60.9 Å². The Morgan fingerprint density at radius 2 is 1.22 bits per heavy atom. The summed E-state index contributed by atoms with van der Waals surface area (Å²) in [4.78, 5) is 48.9. The molecule has 2 aliphatic rings. The van der Waals surface area contributed by atoms with Gasteiger partial charge in [0.2, 0.25) is 17.7 Å². The third kappa shape index (κ3) is 11.6. The van der Waals surface area contributed by atoms with Crippen molar-refractivity contribution >= 4 is 41.2 Å². The number of aromatic nitrogens is 2. The zero-order valence-electron chi connectivity index (χ0n) is 30.4. The molecule has 2 aromatic carbocycles. The minimum atomic E-state index is -0.608. The molecule has 286 valence electrons. The molecule has 4 aromatic rings. The van der Waals surface area contributed by atoms with E-state index in [-0.39, 0.29) is 46.8 Å². The van der Waals surface area contributed by atoms with E-state index < -0.39 is 17.5 Å². The monoisotopic (exact) mass is 778 g/mol. The molecule has 0 unspecified atom stereocenters. The number of piperidine rings is 2. The Morgan fingerprint density at radius 1 is 0.759 bits per heavy atom. The van der Waals surface area contributed by atoms with Gasteiger partial charge in [0.1, 0.15) is 34.3 Å². The molecule has 2 fully saturated rings. The predicted molar refractivity (Wildman–Crippen MR) is 206 cm³/mol. The van der Waals surface area contributed by atoms with Gasteiger partial charge in [-0.15, -0.1) is 23.5 Å². The topological polar surface area (TPSA) is 135 Å². The lowest BCUT2D eigenvalue weighted by Crippen LogP contribution is -2.46. The zero-order chi connectivity index (χ0) is 38.5. The Morgan fingerprint density at radius 3 is 1.67 bits per heavy atom. The summed E-state index contributed by atoms with van der Waals surface area (Å²) in [6.07, 6.45) is 9.48. The number of rotatable bonds is 11. The van der Waals surface area contributed by atoms with Crippen molar-refractivity contribution < 1.29 is 32.6 Å². The normalized spacial score (nSPS) is 14.7. The molecule has 54 heavy (non-hydrogen) atoms. The van der Waals surface area contributed by atoms with E-state index in [1.54, 1.807) is 40.6 Å². The van der Waals surface area contributed by atoms with Gasteiger partial charge in [-0.3, -0.25) is 14.4 Å². The summed E-state index contributed by atoms with van der Waals surface area (Å²) in [7, 11) is 0. The fraction of sp³-hybridized carbons (Fsp3) is 0.359. The number of amides is 3. The van der Waals surface area contributed by atoms with Gasteiger partial charge >= 0.3 is 0 Å². The number of carbonyl (C=O) groups excluding carboxylic acids is 3. The third-order valence-corrected chi connectivity index (χ3v) is 10.2. The van der Waals surface area contributed by atoms with Gasteiger partial charge in [0.05, 0.1) is 12.4 Å². The molecule has 0 saturated carbocycles.